The number of aromatic hydroxyl groups is 1. The molecule has 2 aromatic rings. The predicted molar refractivity (Wildman–Crippen MR) is 62.2 cm³/mol. The van der Waals surface area contributed by atoms with Crippen molar-refractivity contribution in [1.82, 2.24) is 10.1 Å². The fourth-order valence-electron chi connectivity index (χ4n) is 1.71. The SMILES string of the molecule is Nc1ccc(-c2nc(CC3CC3)no2)cc1O. The van der Waals surface area contributed by atoms with E-state index in [1.165, 1.54) is 18.9 Å². The predicted octanol–water partition coefficient (Wildman–Crippen LogP) is 1.98. The molecular formula is C12H13N3O2. The van der Waals surface area contributed by atoms with E-state index < -0.39 is 0 Å². The third-order valence-electron chi connectivity index (χ3n) is 2.91. The zero-order valence-electron chi connectivity index (χ0n) is 9.26. The van der Waals surface area contributed by atoms with Crippen LogP contribution in [0, 0.1) is 5.92 Å². The maximum absolute atomic E-state index is 9.51. The summed E-state index contributed by atoms with van der Waals surface area (Å²) in [5, 5.41) is 13.4. The minimum atomic E-state index is 0.0319. The van der Waals surface area contributed by atoms with Crippen LogP contribution < -0.4 is 5.73 Å². The molecule has 0 saturated heterocycles. The second-order valence-corrected chi connectivity index (χ2v) is 4.44. The summed E-state index contributed by atoms with van der Waals surface area (Å²) in [5.74, 6) is 1.92. The Kier molecular flexibility index (Phi) is 2.24. The van der Waals surface area contributed by atoms with Crippen LogP contribution in [0.15, 0.2) is 22.7 Å². The van der Waals surface area contributed by atoms with Crippen LogP contribution in [-0.4, -0.2) is 15.2 Å². The molecule has 0 unspecified atom stereocenters. The van der Waals surface area contributed by atoms with E-state index in [9.17, 15) is 5.11 Å². The lowest BCUT2D eigenvalue weighted by atomic mass is 10.2. The molecule has 1 saturated carbocycles. The Hall–Kier alpha value is -2.04. The number of anilines is 1. The van der Waals surface area contributed by atoms with Crippen LogP contribution in [0.3, 0.4) is 0 Å². The van der Waals surface area contributed by atoms with Gasteiger partial charge in [0.05, 0.1) is 5.69 Å². The molecule has 88 valence electrons. The van der Waals surface area contributed by atoms with Gasteiger partial charge >= 0.3 is 0 Å². The highest BCUT2D eigenvalue weighted by Crippen LogP contribution is 2.32. The quantitative estimate of drug-likeness (QED) is 0.623. The lowest BCUT2D eigenvalue weighted by Gasteiger charge is -1.99. The van der Waals surface area contributed by atoms with Crippen molar-refractivity contribution in [2.45, 2.75) is 19.3 Å². The molecule has 1 aliphatic carbocycles. The van der Waals surface area contributed by atoms with Crippen molar-refractivity contribution >= 4 is 5.69 Å². The molecule has 5 nitrogen and oxygen atoms in total. The number of phenols is 1. The van der Waals surface area contributed by atoms with Crippen molar-refractivity contribution in [3.63, 3.8) is 0 Å². The van der Waals surface area contributed by atoms with Gasteiger partial charge < -0.3 is 15.4 Å². The lowest BCUT2D eigenvalue weighted by Crippen LogP contribution is -1.89. The number of rotatable bonds is 3. The van der Waals surface area contributed by atoms with E-state index in [-0.39, 0.29) is 5.75 Å². The minimum absolute atomic E-state index is 0.0319. The van der Waals surface area contributed by atoms with Crippen molar-refractivity contribution in [3.05, 3.63) is 24.0 Å². The standard InChI is InChI=1S/C12H13N3O2/c13-9-4-3-8(6-10(9)16)12-14-11(15-17-12)5-7-1-2-7/h3-4,6-7,16H,1-2,5,13H2. The summed E-state index contributed by atoms with van der Waals surface area (Å²) in [5.41, 5.74) is 6.56. The first kappa shape index (κ1) is 10.1. The number of hydrogen-bond donors (Lipinski definition) is 2. The average Bonchev–Trinajstić information content (AvgIpc) is 2.99. The summed E-state index contributed by atoms with van der Waals surface area (Å²) in [6.07, 6.45) is 3.39. The van der Waals surface area contributed by atoms with Gasteiger partial charge in [-0.05, 0) is 37.0 Å². The summed E-state index contributed by atoms with van der Waals surface area (Å²) >= 11 is 0. The average molecular weight is 231 g/mol. The van der Waals surface area contributed by atoms with Crippen molar-refractivity contribution in [3.8, 4) is 17.2 Å². The molecule has 3 rings (SSSR count). The molecule has 0 amide bonds. The van der Waals surface area contributed by atoms with Crippen LogP contribution in [0.5, 0.6) is 5.75 Å². The maximum Gasteiger partial charge on any atom is 0.258 e. The molecule has 1 aromatic carbocycles. The van der Waals surface area contributed by atoms with E-state index in [2.05, 4.69) is 10.1 Å². The third-order valence-corrected chi connectivity index (χ3v) is 2.91. The number of nitrogens with two attached hydrogens (primary N) is 1. The topological polar surface area (TPSA) is 85.2 Å². The smallest absolute Gasteiger partial charge is 0.258 e. The van der Waals surface area contributed by atoms with Gasteiger partial charge in [-0.25, -0.2) is 0 Å². The molecule has 0 aliphatic heterocycles. The van der Waals surface area contributed by atoms with E-state index in [1.54, 1.807) is 12.1 Å². The van der Waals surface area contributed by atoms with Gasteiger partial charge in [-0.2, -0.15) is 4.98 Å². The molecule has 0 radical (unpaired) electrons. The van der Waals surface area contributed by atoms with E-state index in [0.717, 1.165) is 18.2 Å². The van der Waals surface area contributed by atoms with Crippen molar-refractivity contribution < 1.29 is 9.63 Å². The number of nitrogens with zero attached hydrogens (tertiary/aromatic N) is 2. The first-order valence-electron chi connectivity index (χ1n) is 5.64. The fourth-order valence-corrected chi connectivity index (χ4v) is 1.71. The van der Waals surface area contributed by atoms with Crippen LogP contribution in [0.4, 0.5) is 5.69 Å². The summed E-state index contributed by atoms with van der Waals surface area (Å²) in [7, 11) is 0. The zero-order valence-corrected chi connectivity index (χ0v) is 9.26. The molecule has 0 atom stereocenters. The largest absolute Gasteiger partial charge is 0.506 e. The third kappa shape index (κ3) is 2.08. The van der Waals surface area contributed by atoms with Crippen molar-refractivity contribution in [1.29, 1.82) is 0 Å². The van der Waals surface area contributed by atoms with E-state index >= 15 is 0 Å². The van der Waals surface area contributed by atoms with Crippen LogP contribution in [-0.2, 0) is 6.42 Å². The van der Waals surface area contributed by atoms with Gasteiger partial charge in [0.25, 0.3) is 5.89 Å². The summed E-state index contributed by atoms with van der Waals surface area (Å²) in [6, 6.07) is 4.91. The fraction of sp³-hybridized carbons (Fsp3) is 0.333. The van der Waals surface area contributed by atoms with Gasteiger partial charge in [-0.15, -0.1) is 0 Å². The summed E-state index contributed by atoms with van der Waals surface area (Å²) < 4.78 is 5.16. The molecule has 1 aliphatic rings. The molecule has 0 spiro atoms. The number of benzene rings is 1. The summed E-state index contributed by atoms with van der Waals surface area (Å²) in [6.45, 7) is 0. The number of hydrogen-bond acceptors (Lipinski definition) is 5. The van der Waals surface area contributed by atoms with Crippen LogP contribution in [0.2, 0.25) is 0 Å². The second kappa shape index (κ2) is 3.76. The maximum atomic E-state index is 9.51. The number of aromatic nitrogens is 2. The molecule has 1 heterocycles. The van der Waals surface area contributed by atoms with Crippen LogP contribution in [0.1, 0.15) is 18.7 Å². The Morgan fingerprint density at radius 2 is 2.24 bits per heavy atom. The Bertz CT molecular complexity index is 546. The zero-order chi connectivity index (χ0) is 11.8. The molecule has 1 fully saturated rings. The van der Waals surface area contributed by atoms with Crippen molar-refractivity contribution in [2.24, 2.45) is 5.92 Å². The first-order chi connectivity index (χ1) is 8.22. The number of phenolic OH excluding ortho intramolecular Hbond substituents is 1. The molecular weight excluding hydrogens is 218 g/mol. The Morgan fingerprint density at radius 3 is 2.94 bits per heavy atom. The van der Waals surface area contributed by atoms with Gasteiger partial charge in [-0.1, -0.05) is 5.16 Å². The van der Waals surface area contributed by atoms with Gasteiger partial charge in [0.15, 0.2) is 5.82 Å². The van der Waals surface area contributed by atoms with Crippen LogP contribution in [0.25, 0.3) is 11.5 Å². The monoisotopic (exact) mass is 231 g/mol. The Labute approximate surface area is 98.3 Å². The molecule has 5 heteroatoms. The molecule has 1 aromatic heterocycles. The van der Waals surface area contributed by atoms with Crippen LogP contribution >= 0.6 is 0 Å². The molecule has 3 N–H and O–H groups in total. The number of nitrogen functional groups attached to an aromatic ring is 1. The minimum Gasteiger partial charge on any atom is -0.506 e. The van der Waals surface area contributed by atoms with E-state index in [0.29, 0.717) is 17.1 Å². The Balaban J connectivity index is 1.86. The van der Waals surface area contributed by atoms with Crippen molar-refractivity contribution in [2.75, 3.05) is 5.73 Å². The molecule has 0 bridgehead atoms. The summed E-state index contributed by atoms with van der Waals surface area (Å²) in [4.78, 5) is 4.30. The molecule has 17 heavy (non-hydrogen) atoms. The second-order valence-electron chi connectivity index (χ2n) is 4.44. The lowest BCUT2D eigenvalue weighted by molar-refractivity contribution is 0.420. The highest BCUT2D eigenvalue weighted by atomic mass is 16.5. The highest BCUT2D eigenvalue weighted by Gasteiger charge is 2.24. The van der Waals surface area contributed by atoms with Gasteiger partial charge in [0.1, 0.15) is 5.75 Å². The van der Waals surface area contributed by atoms with Gasteiger partial charge in [0, 0.05) is 12.0 Å². The van der Waals surface area contributed by atoms with E-state index in [1.807, 2.05) is 0 Å². The van der Waals surface area contributed by atoms with Gasteiger partial charge in [-0.3, -0.25) is 0 Å². The highest BCUT2D eigenvalue weighted by molar-refractivity contribution is 5.63. The Morgan fingerprint density at radius 1 is 1.41 bits per heavy atom. The van der Waals surface area contributed by atoms with E-state index in [4.69, 9.17) is 10.3 Å². The first-order valence-corrected chi connectivity index (χ1v) is 5.64. The normalized spacial score (nSPS) is 15.1. The van der Waals surface area contributed by atoms with Gasteiger partial charge in [0.2, 0.25) is 0 Å².